The van der Waals surface area contributed by atoms with Crippen molar-refractivity contribution in [2.45, 2.75) is 18.2 Å². The van der Waals surface area contributed by atoms with Gasteiger partial charge in [0.25, 0.3) is 21.8 Å². The number of nitrogens with one attached hydrogen (secondary N) is 2. The smallest absolute Gasteiger partial charge is 0.356 e. The Labute approximate surface area is 190 Å². The molecule has 1 aromatic heterocycles. The summed E-state index contributed by atoms with van der Waals surface area (Å²) in [4.78, 5) is 40.0. The van der Waals surface area contributed by atoms with Gasteiger partial charge in [-0.2, -0.15) is 0 Å². The molecule has 0 aliphatic heterocycles. The van der Waals surface area contributed by atoms with Gasteiger partial charge < -0.3 is 10.1 Å². The SMILES string of the molecule is CCCOC(=O)c1ccc(C(=O)NS(=O)(=O)c2ccc(NC(=O)c3ccccc3)cc2)cn1. The highest BCUT2D eigenvalue weighted by molar-refractivity contribution is 7.90. The molecule has 0 bridgehead atoms. The molecule has 1 heterocycles. The fourth-order valence-electron chi connectivity index (χ4n) is 2.67. The van der Waals surface area contributed by atoms with E-state index in [1.54, 1.807) is 30.3 Å². The number of esters is 1. The van der Waals surface area contributed by atoms with E-state index in [0.717, 1.165) is 6.20 Å². The Morgan fingerprint density at radius 1 is 0.879 bits per heavy atom. The Bertz CT molecular complexity index is 1240. The third-order valence-corrected chi connectivity index (χ3v) is 5.70. The number of hydrogen-bond donors (Lipinski definition) is 2. The second-order valence-electron chi connectivity index (χ2n) is 6.85. The maximum atomic E-state index is 12.6. The summed E-state index contributed by atoms with van der Waals surface area (Å²) in [6, 6.07) is 16.5. The van der Waals surface area contributed by atoms with Crippen molar-refractivity contribution in [3.63, 3.8) is 0 Å². The Morgan fingerprint density at radius 2 is 1.58 bits per heavy atom. The number of nitrogens with zero attached hydrogens (tertiary/aromatic N) is 1. The molecule has 0 radical (unpaired) electrons. The van der Waals surface area contributed by atoms with E-state index in [2.05, 4.69) is 10.3 Å². The third-order valence-electron chi connectivity index (χ3n) is 4.36. The number of anilines is 1. The number of pyridine rings is 1. The normalized spacial score (nSPS) is 10.8. The van der Waals surface area contributed by atoms with E-state index in [4.69, 9.17) is 4.74 Å². The zero-order valence-electron chi connectivity index (χ0n) is 17.6. The lowest BCUT2D eigenvalue weighted by atomic mass is 10.2. The van der Waals surface area contributed by atoms with Crippen LogP contribution in [0.1, 0.15) is 44.5 Å². The number of amides is 2. The molecule has 33 heavy (non-hydrogen) atoms. The van der Waals surface area contributed by atoms with Crippen molar-refractivity contribution in [2.75, 3.05) is 11.9 Å². The van der Waals surface area contributed by atoms with Gasteiger partial charge in [-0.1, -0.05) is 25.1 Å². The highest BCUT2D eigenvalue weighted by Crippen LogP contribution is 2.16. The maximum absolute atomic E-state index is 12.6. The molecule has 0 saturated heterocycles. The molecular weight excluding hydrogens is 446 g/mol. The number of carbonyl (C=O) groups is 3. The summed E-state index contributed by atoms with van der Waals surface area (Å²) >= 11 is 0. The van der Waals surface area contributed by atoms with Crippen LogP contribution in [0.25, 0.3) is 0 Å². The lowest BCUT2D eigenvalue weighted by Crippen LogP contribution is -2.30. The number of carbonyl (C=O) groups excluding carboxylic acids is 3. The van der Waals surface area contributed by atoms with Gasteiger partial charge in [-0.25, -0.2) is 22.9 Å². The average molecular weight is 468 g/mol. The molecule has 0 fully saturated rings. The summed E-state index contributed by atoms with van der Waals surface area (Å²) in [5.41, 5.74) is 0.817. The minimum Gasteiger partial charge on any atom is -0.461 e. The van der Waals surface area contributed by atoms with Crippen LogP contribution in [0.15, 0.2) is 77.8 Å². The number of rotatable bonds is 8. The molecule has 0 unspecified atom stereocenters. The van der Waals surface area contributed by atoms with E-state index in [9.17, 15) is 22.8 Å². The predicted octanol–water partition coefficient (Wildman–Crippen LogP) is 3.02. The number of hydrogen-bond acceptors (Lipinski definition) is 7. The standard InChI is InChI=1S/C23H21N3O6S/c1-2-14-32-23(29)20-13-8-17(15-24-20)22(28)26-33(30,31)19-11-9-18(10-12-19)25-21(27)16-6-4-3-5-7-16/h3-13,15H,2,14H2,1H3,(H,25,27)(H,26,28). The minimum absolute atomic E-state index is 0.0102. The van der Waals surface area contributed by atoms with Crippen molar-refractivity contribution < 1.29 is 27.5 Å². The van der Waals surface area contributed by atoms with Crippen LogP contribution in [0, 0.1) is 0 Å². The van der Waals surface area contributed by atoms with E-state index in [0.29, 0.717) is 17.7 Å². The zero-order valence-corrected chi connectivity index (χ0v) is 18.5. The monoisotopic (exact) mass is 467 g/mol. The lowest BCUT2D eigenvalue weighted by Gasteiger charge is -2.09. The lowest BCUT2D eigenvalue weighted by molar-refractivity contribution is 0.0497. The van der Waals surface area contributed by atoms with E-state index in [1.165, 1.54) is 36.4 Å². The second-order valence-corrected chi connectivity index (χ2v) is 8.53. The van der Waals surface area contributed by atoms with E-state index >= 15 is 0 Å². The van der Waals surface area contributed by atoms with Gasteiger partial charge >= 0.3 is 5.97 Å². The fourth-order valence-corrected chi connectivity index (χ4v) is 3.64. The molecule has 2 N–H and O–H groups in total. The summed E-state index contributed by atoms with van der Waals surface area (Å²) < 4.78 is 32.0. The molecule has 0 atom stereocenters. The molecule has 0 aliphatic rings. The Kier molecular flexibility index (Phi) is 7.52. The molecule has 0 aliphatic carbocycles. The first kappa shape index (κ1) is 23.6. The predicted molar refractivity (Wildman–Crippen MR) is 120 cm³/mol. The van der Waals surface area contributed by atoms with Crippen molar-refractivity contribution in [3.05, 3.63) is 89.7 Å². The molecule has 3 aromatic rings. The highest BCUT2D eigenvalue weighted by Gasteiger charge is 2.20. The Hall–Kier alpha value is -4.05. The molecule has 9 nitrogen and oxygen atoms in total. The van der Waals surface area contributed by atoms with Gasteiger partial charge in [-0.05, 0) is 55.0 Å². The number of aromatic nitrogens is 1. The first-order valence-electron chi connectivity index (χ1n) is 9.97. The summed E-state index contributed by atoms with van der Waals surface area (Å²) in [6.45, 7) is 2.10. The van der Waals surface area contributed by atoms with Crippen molar-refractivity contribution in [3.8, 4) is 0 Å². The molecule has 170 valence electrons. The first-order chi connectivity index (χ1) is 15.8. The Morgan fingerprint density at radius 3 is 2.18 bits per heavy atom. The molecule has 0 spiro atoms. The maximum Gasteiger partial charge on any atom is 0.356 e. The summed E-state index contributed by atoms with van der Waals surface area (Å²) in [5, 5.41) is 2.66. The van der Waals surface area contributed by atoms with E-state index in [1.807, 2.05) is 11.6 Å². The van der Waals surface area contributed by atoms with Gasteiger partial charge in [0.2, 0.25) is 0 Å². The number of sulfonamides is 1. The van der Waals surface area contributed by atoms with Crippen molar-refractivity contribution in [2.24, 2.45) is 0 Å². The quantitative estimate of drug-likeness (QED) is 0.487. The molecule has 2 aromatic carbocycles. The van der Waals surface area contributed by atoms with Gasteiger partial charge in [0, 0.05) is 17.4 Å². The van der Waals surface area contributed by atoms with Gasteiger partial charge in [0.1, 0.15) is 5.69 Å². The van der Waals surface area contributed by atoms with Crippen molar-refractivity contribution >= 4 is 33.5 Å². The van der Waals surface area contributed by atoms with Crippen LogP contribution in [0.2, 0.25) is 0 Å². The summed E-state index contributed by atoms with van der Waals surface area (Å²) in [5.74, 6) is -1.87. The third kappa shape index (κ3) is 6.23. The topological polar surface area (TPSA) is 132 Å². The van der Waals surface area contributed by atoms with Gasteiger partial charge in [-0.3, -0.25) is 9.59 Å². The summed E-state index contributed by atoms with van der Waals surface area (Å²) in [6.07, 6.45) is 1.75. The van der Waals surface area contributed by atoms with Crippen LogP contribution >= 0.6 is 0 Å². The largest absolute Gasteiger partial charge is 0.461 e. The Balaban J connectivity index is 1.64. The van der Waals surface area contributed by atoms with Crippen LogP contribution in [0.3, 0.4) is 0 Å². The van der Waals surface area contributed by atoms with Crippen LogP contribution in [0.5, 0.6) is 0 Å². The molecule has 0 saturated carbocycles. The molecule has 10 heteroatoms. The minimum atomic E-state index is -4.18. The van der Waals surface area contributed by atoms with Crippen molar-refractivity contribution in [1.29, 1.82) is 0 Å². The van der Waals surface area contributed by atoms with E-state index in [-0.39, 0.29) is 28.7 Å². The van der Waals surface area contributed by atoms with Crippen LogP contribution in [-0.4, -0.2) is 37.8 Å². The first-order valence-corrected chi connectivity index (χ1v) is 11.5. The second kappa shape index (κ2) is 10.5. The number of ether oxygens (including phenoxy) is 1. The number of benzene rings is 2. The van der Waals surface area contributed by atoms with Crippen LogP contribution < -0.4 is 10.0 Å². The highest BCUT2D eigenvalue weighted by atomic mass is 32.2. The van der Waals surface area contributed by atoms with Crippen molar-refractivity contribution in [1.82, 2.24) is 9.71 Å². The molecular formula is C23H21N3O6S. The van der Waals surface area contributed by atoms with Gasteiger partial charge in [0.05, 0.1) is 17.1 Å². The zero-order chi connectivity index (χ0) is 23.8. The van der Waals surface area contributed by atoms with Gasteiger partial charge in [-0.15, -0.1) is 0 Å². The van der Waals surface area contributed by atoms with E-state index < -0.39 is 21.9 Å². The molecule has 2 amide bonds. The van der Waals surface area contributed by atoms with Crippen LogP contribution in [0.4, 0.5) is 5.69 Å². The fraction of sp³-hybridized carbons (Fsp3) is 0.130. The summed E-state index contributed by atoms with van der Waals surface area (Å²) in [7, 11) is -4.18. The average Bonchev–Trinajstić information content (AvgIpc) is 2.83. The van der Waals surface area contributed by atoms with Gasteiger partial charge in [0.15, 0.2) is 0 Å². The van der Waals surface area contributed by atoms with Crippen LogP contribution in [-0.2, 0) is 14.8 Å². The molecule has 3 rings (SSSR count).